The summed E-state index contributed by atoms with van der Waals surface area (Å²) in [7, 11) is 1.89. The number of hydrogen-bond acceptors (Lipinski definition) is 3. The number of aromatic nitrogens is 2. The van der Waals surface area contributed by atoms with E-state index in [1.807, 2.05) is 7.11 Å². The summed E-state index contributed by atoms with van der Waals surface area (Å²) in [5.41, 5.74) is 2.55. The lowest BCUT2D eigenvalue weighted by Crippen LogP contribution is -2.58. The minimum atomic E-state index is -0.487. The molecule has 4 heteroatoms. The van der Waals surface area contributed by atoms with Crippen LogP contribution in [0.3, 0.4) is 0 Å². The first-order valence-electron chi connectivity index (χ1n) is 13.0. The number of rotatable bonds is 3. The third-order valence-corrected chi connectivity index (χ3v) is 10.8. The molecule has 4 nitrogen and oxygen atoms in total. The average Bonchev–Trinajstić information content (AvgIpc) is 3.34. The maximum absolute atomic E-state index is 10.9. The summed E-state index contributed by atoms with van der Waals surface area (Å²) in [5.74, 6) is 3.57. The van der Waals surface area contributed by atoms with E-state index in [4.69, 9.17) is 9.72 Å². The average molecular weight is 437 g/mol. The third kappa shape index (κ3) is 2.98. The Hall–Kier alpha value is -1.39. The van der Waals surface area contributed by atoms with Gasteiger partial charge in [-0.2, -0.15) is 0 Å². The fourth-order valence-electron chi connectivity index (χ4n) is 9.39. The predicted molar refractivity (Wildman–Crippen MR) is 126 cm³/mol. The van der Waals surface area contributed by atoms with Gasteiger partial charge >= 0.3 is 0 Å². The standard InChI is InChI=1S/C28H40N2O2/c1-26(31)13-14-28(18-32-3)19(16-26)7-8-20-21-9-10-23(27(21,2)12-11-22(20)28)24-17-30-15-5-4-6-25(30)29-24/h4-6,15,17,19-23,31H,7-14,16,18H2,1-3H3/t19-,20?,21+,22+,23-,26-,27+,28-/m1/s1. The molecule has 0 spiro atoms. The van der Waals surface area contributed by atoms with Crippen LogP contribution in [0.5, 0.6) is 0 Å². The van der Waals surface area contributed by atoms with E-state index in [1.165, 1.54) is 44.2 Å². The summed E-state index contributed by atoms with van der Waals surface area (Å²) in [6.07, 6.45) is 15.3. The predicted octanol–water partition coefficient (Wildman–Crippen LogP) is 5.84. The SMILES string of the molecule is COC[C@]12CC[C@@](C)(O)C[C@H]1CCC1[C@@H]3CC[C@H](c4cn5ccccc5n4)[C@@]3(C)CC[C@@H]12. The monoisotopic (exact) mass is 436 g/mol. The van der Waals surface area contributed by atoms with E-state index in [-0.39, 0.29) is 5.41 Å². The molecule has 6 rings (SSSR count). The summed E-state index contributed by atoms with van der Waals surface area (Å²) in [4.78, 5) is 5.07. The second-order valence-corrected chi connectivity index (χ2v) is 12.3. The fraction of sp³-hybridized carbons (Fsp3) is 0.750. The van der Waals surface area contributed by atoms with Gasteiger partial charge in [0, 0.05) is 25.4 Å². The van der Waals surface area contributed by atoms with E-state index in [2.05, 4.69) is 48.8 Å². The van der Waals surface area contributed by atoms with Crippen molar-refractivity contribution in [2.24, 2.45) is 34.5 Å². The third-order valence-electron chi connectivity index (χ3n) is 10.8. The molecule has 0 radical (unpaired) electrons. The topological polar surface area (TPSA) is 46.8 Å². The number of methoxy groups -OCH3 is 1. The van der Waals surface area contributed by atoms with Gasteiger partial charge in [0.2, 0.25) is 0 Å². The Morgan fingerprint density at radius 3 is 2.75 bits per heavy atom. The van der Waals surface area contributed by atoms with Gasteiger partial charge in [0.05, 0.1) is 17.9 Å². The van der Waals surface area contributed by atoms with Crippen molar-refractivity contribution in [1.82, 2.24) is 9.38 Å². The van der Waals surface area contributed by atoms with Crippen LogP contribution in [0.25, 0.3) is 5.65 Å². The zero-order chi connectivity index (χ0) is 22.1. The largest absolute Gasteiger partial charge is 0.390 e. The van der Waals surface area contributed by atoms with E-state index in [0.29, 0.717) is 17.3 Å². The Kier molecular flexibility index (Phi) is 4.83. The Morgan fingerprint density at radius 1 is 1.06 bits per heavy atom. The molecule has 0 bridgehead atoms. The molecule has 2 aromatic rings. The summed E-state index contributed by atoms with van der Waals surface area (Å²) in [6.45, 7) is 5.54. The van der Waals surface area contributed by atoms with Crippen molar-refractivity contribution >= 4 is 5.65 Å². The molecule has 0 amide bonds. The van der Waals surface area contributed by atoms with Gasteiger partial charge in [-0.25, -0.2) is 4.98 Å². The summed E-state index contributed by atoms with van der Waals surface area (Å²) < 4.78 is 8.12. The summed E-state index contributed by atoms with van der Waals surface area (Å²) in [5, 5.41) is 10.9. The molecular formula is C28H40N2O2. The summed E-state index contributed by atoms with van der Waals surface area (Å²) in [6, 6.07) is 6.31. The van der Waals surface area contributed by atoms with Crippen LogP contribution in [-0.4, -0.2) is 33.8 Å². The molecule has 174 valence electrons. The van der Waals surface area contributed by atoms with Crippen molar-refractivity contribution in [1.29, 1.82) is 0 Å². The number of hydrogen-bond donors (Lipinski definition) is 1. The minimum absolute atomic E-state index is 0.280. The second-order valence-electron chi connectivity index (χ2n) is 12.3. The normalized spacial score (nSPS) is 45.9. The molecule has 4 fully saturated rings. The van der Waals surface area contributed by atoms with Gasteiger partial charge in [0.15, 0.2) is 0 Å². The molecule has 2 heterocycles. The molecule has 1 unspecified atom stereocenters. The van der Waals surface area contributed by atoms with Crippen LogP contribution in [0.4, 0.5) is 0 Å². The zero-order valence-corrected chi connectivity index (χ0v) is 20.1. The fourth-order valence-corrected chi connectivity index (χ4v) is 9.39. The number of fused-ring (bicyclic) bond motifs is 6. The van der Waals surface area contributed by atoms with Crippen molar-refractivity contribution in [2.45, 2.75) is 83.2 Å². The van der Waals surface area contributed by atoms with Crippen LogP contribution in [0.15, 0.2) is 30.6 Å². The maximum Gasteiger partial charge on any atom is 0.136 e. The van der Waals surface area contributed by atoms with Crippen LogP contribution in [0.1, 0.15) is 83.2 Å². The van der Waals surface area contributed by atoms with E-state index < -0.39 is 5.60 Å². The van der Waals surface area contributed by atoms with Crippen molar-refractivity contribution in [3.05, 3.63) is 36.3 Å². The van der Waals surface area contributed by atoms with Crippen molar-refractivity contribution in [2.75, 3.05) is 13.7 Å². The first kappa shape index (κ1) is 21.2. The Labute approximate surface area is 192 Å². The Bertz CT molecular complexity index is 965. The first-order chi connectivity index (χ1) is 15.4. The highest BCUT2D eigenvalue weighted by Gasteiger charge is 2.62. The molecule has 32 heavy (non-hydrogen) atoms. The lowest BCUT2D eigenvalue weighted by Gasteiger charge is -2.62. The molecule has 4 aliphatic rings. The number of imidazole rings is 1. The molecular weight excluding hydrogens is 396 g/mol. The summed E-state index contributed by atoms with van der Waals surface area (Å²) >= 11 is 0. The van der Waals surface area contributed by atoms with Crippen molar-refractivity contribution in [3.8, 4) is 0 Å². The van der Waals surface area contributed by atoms with Crippen LogP contribution in [-0.2, 0) is 4.74 Å². The molecule has 4 saturated carbocycles. The number of aliphatic hydroxyl groups is 1. The van der Waals surface area contributed by atoms with Gasteiger partial charge in [0.25, 0.3) is 0 Å². The van der Waals surface area contributed by atoms with Crippen LogP contribution < -0.4 is 0 Å². The van der Waals surface area contributed by atoms with Gasteiger partial charge in [-0.3, -0.25) is 0 Å². The lowest BCUT2D eigenvalue weighted by molar-refractivity contribution is -0.172. The van der Waals surface area contributed by atoms with E-state index in [9.17, 15) is 5.11 Å². The van der Waals surface area contributed by atoms with Gasteiger partial charge in [-0.05, 0) is 111 Å². The van der Waals surface area contributed by atoms with Gasteiger partial charge in [-0.15, -0.1) is 0 Å². The van der Waals surface area contributed by atoms with Crippen molar-refractivity contribution < 1.29 is 9.84 Å². The minimum Gasteiger partial charge on any atom is -0.390 e. The van der Waals surface area contributed by atoms with E-state index in [1.54, 1.807) is 0 Å². The highest BCUT2D eigenvalue weighted by molar-refractivity contribution is 5.41. The van der Waals surface area contributed by atoms with E-state index in [0.717, 1.165) is 49.3 Å². The van der Waals surface area contributed by atoms with Gasteiger partial charge < -0.3 is 14.2 Å². The molecule has 4 aliphatic carbocycles. The van der Waals surface area contributed by atoms with Crippen LogP contribution in [0, 0.1) is 34.5 Å². The highest BCUT2D eigenvalue weighted by atomic mass is 16.5. The Morgan fingerprint density at radius 2 is 1.94 bits per heavy atom. The van der Waals surface area contributed by atoms with Gasteiger partial charge in [0.1, 0.15) is 5.65 Å². The molecule has 1 N–H and O–H groups in total. The highest BCUT2D eigenvalue weighted by Crippen LogP contribution is 2.69. The number of nitrogens with zero attached hydrogens (tertiary/aromatic N) is 2. The number of ether oxygens (including phenoxy) is 1. The molecule has 0 aromatic carbocycles. The number of pyridine rings is 1. The van der Waals surface area contributed by atoms with Crippen LogP contribution in [0.2, 0.25) is 0 Å². The lowest BCUT2D eigenvalue weighted by atomic mass is 9.43. The second kappa shape index (κ2) is 7.30. The van der Waals surface area contributed by atoms with Gasteiger partial charge in [-0.1, -0.05) is 13.0 Å². The molecule has 2 aromatic heterocycles. The van der Waals surface area contributed by atoms with Crippen LogP contribution >= 0.6 is 0 Å². The zero-order valence-electron chi connectivity index (χ0n) is 20.1. The molecule has 8 atom stereocenters. The first-order valence-corrected chi connectivity index (χ1v) is 13.0. The Balaban J connectivity index is 1.31. The smallest absolute Gasteiger partial charge is 0.136 e. The quantitative estimate of drug-likeness (QED) is 0.658. The molecule has 0 aliphatic heterocycles. The maximum atomic E-state index is 10.9. The molecule has 0 saturated heterocycles. The van der Waals surface area contributed by atoms with E-state index >= 15 is 0 Å². The van der Waals surface area contributed by atoms with Crippen molar-refractivity contribution in [3.63, 3.8) is 0 Å².